The summed E-state index contributed by atoms with van der Waals surface area (Å²) in [7, 11) is 1.83. The summed E-state index contributed by atoms with van der Waals surface area (Å²) in [6.45, 7) is 11.5. The number of nitrogens with zero attached hydrogens (tertiary/aromatic N) is 2. The first kappa shape index (κ1) is 19.7. The molecule has 1 aromatic carbocycles. The number of rotatable bonds is 7. The van der Waals surface area contributed by atoms with E-state index in [1.54, 1.807) is 6.07 Å². The van der Waals surface area contributed by atoms with Gasteiger partial charge in [-0.15, -0.1) is 0 Å². The van der Waals surface area contributed by atoms with Crippen LogP contribution in [0.4, 0.5) is 10.1 Å². The zero-order chi connectivity index (χ0) is 18.4. The highest BCUT2D eigenvalue weighted by atomic mass is 19.1. The van der Waals surface area contributed by atoms with Crippen molar-refractivity contribution >= 4 is 11.6 Å². The fourth-order valence-electron chi connectivity index (χ4n) is 3.30. The summed E-state index contributed by atoms with van der Waals surface area (Å²) >= 11 is 0. The first-order valence-corrected chi connectivity index (χ1v) is 9.18. The second-order valence-electron chi connectivity index (χ2n) is 6.81. The number of anilines is 1. The third-order valence-electron chi connectivity index (χ3n) is 4.93. The van der Waals surface area contributed by atoms with E-state index in [-0.39, 0.29) is 23.7 Å². The summed E-state index contributed by atoms with van der Waals surface area (Å²) in [4.78, 5) is 17.0. The number of hydrogen-bond acceptors (Lipinski definition) is 4. The Kier molecular flexibility index (Phi) is 7.20. The molecule has 2 unspecified atom stereocenters. The molecule has 5 nitrogen and oxygen atoms in total. The van der Waals surface area contributed by atoms with E-state index in [1.807, 2.05) is 27.0 Å². The van der Waals surface area contributed by atoms with Crippen LogP contribution in [-0.4, -0.2) is 57.1 Å². The molecular weight excluding hydrogens is 319 g/mol. The molecule has 0 spiro atoms. The number of carbonyl (C=O) groups excluding carboxylic acids is 1. The minimum absolute atomic E-state index is 0.0205. The van der Waals surface area contributed by atoms with Gasteiger partial charge in [-0.25, -0.2) is 4.39 Å². The van der Waals surface area contributed by atoms with Crippen molar-refractivity contribution < 1.29 is 9.18 Å². The molecule has 2 atom stereocenters. The first-order chi connectivity index (χ1) is 12.0. The van der Waals surface area contributed by atoms with Gasteiger partial charge in [0.05, 0.1) is 6.04 Å². The van der Waals surface area contributed by atoms with Gasteiger partial charge in [-0.05, 0) is 38.7 Å². The molecule has 2 N–H and O–H groups in total. The molecule has 140 valence electrons. The van der Waals surface area contributed by atoms with Crippen molar-refractivity contribution in [3.63, 3.8) is 0 Å². The smallest absolute Gasteiger partial charge is 0.224 e. The molecule has 1 saturated heterocycles. The largest absolute Gasteiger partial charge is 0.369 e. The molecule has 0 radical (unpaired) electrons. The number of carbonyl (C=O) groups is 1. The van der Waals surface area contributed by atoms with E-state index >= 15 is 0 Å². The Morgan fingerprint density at radius 2 is 1.92 bits per heavy atom. The number of piperazine rings is 1. The Balaban J connectivity index is 2.14. The minimum atomic E-state index is -0.268. The summed E-state index contributed by atoms with van der Waals surface area (Å²) in [5, 5.41) is 6.03. The molecule has 1 aliphatic heterocycles. The summed E-state index contributed by atoms with van der Waals surface area (Å²) in [6, 6.07) is 4.66. The quantitative estimate of drug-likeness (QED) is 0.790. The van der Waals surface area contributed by atoms with Crippen molar-refractivity contribution in [3.8, 4) is 0 Å². The summed E-state index contributed by atoms with van der Waals surface area (Å²) in [5.41, 5.74) is 1.86. The van der Waals surface area contributed by atoms with Gasteiger partial charge in [0, 0.05) is 49.9 Å². The van der Waals surface area contributed by atoms with Crippen LogP contribution >= 0.6 is 0 Å². The van der Waals surface area contributed by atoms with Gasteiger partial charge in [0.2, 0.25) is 5.91 Å². The van der Waals surface area contributed by atoms with Gasteiger partial charge in [-0.2, -0.15) is 0 Å². The summed E-state index contributed by atoms with van der Waals surface area (Å²) in [5.74, 6) is -0.416. The zero-order valence-electron chi connectivity index (χ0n) is 15.8. The van der Waals surface area contributed by atoms with Crippen LogP contribution in [0.1, 0.15) is 32.4 Å². The highest BCUT2D eigenvalue weighted by molar-refractivity contribution is 5.79. The summed E-state index contributed by atoms with van der Waals surface area (Å²) < 4.78 is 13.9. The van der Waals surface area contributed by atoms with Crippen LogP contribution in [0.25, 0.3) is 0 Å². The van der Waals surface area contributed by atoms with Crippen molar-refractivity contribution in [2.75, 3.05) is 51.2 Å². The standard InChI is InChI=1S/C19H31FN4O/c1-5-23-8-10-24(11-9-23)18-7-6-16(20)12-17(18)15(3)22-19(25)14(2)13-21-4/h6-7,12,14-15,21H,5,8-11,13H2,1-4H3,(H,22,25). The molecule has 6 heteroatoms. The number of likely N-dealkylation sites (N-methyl/N-ethyl adjacent to an activating group) is 1. The molecule has 1 heterocycles. The molecule has 0 aliphatic carbocycles. The second-order valence-corrected chi connectivity index (χ2v) is 6.81. The lowest BCUT2D eigenvalue weighted by molar-refractivity contribution is -0.125. The molecule has 1 aliphatic rings. The van der Waals surface area contributed by atoms with Crippen LogP contribution in [0, 0.1) is 11.7 Å². The van der Waals surface area contributed by atoms with E-state index in [4.69, 9.17) is 0 Å². The lowest BCUT2D eigenvalue weighted by atomic mass is 10.0. The Hall–Kier alpha value is -1.66. The van der Waals surface area contributed by atoms with Crippen molar-refractivity contribution in [1.82, 2.24) is 15.5 Å². The van der Waals surface area contributed by atoms with E-state index in [1.165, 1.54) is 6.07 Å². The molecule has 0 saturated carbocycles. The maximum absolute atomic E-state index is 13.9. The van der Waals surface area contributed by atoms with E-state index < -0.39 is 0 Å². The maximum Gasteiger partial charge on any atom is 0.224 e. The molecule has 2 rings (SSSR count). The number of amides is 1. The van der Waals surface area contributed by atoms with Crippen LogP contribution in [0.5, 0.6) is 0 Å². The highest BCUT2D eigenvalue weighted by Crippen LogP contribution is 2.28. The van der Waals surface area contributed by atoms with Gasteiger partial charge in [-0.3, -0.25) is 4.79 Å². The normalized spacial score (nSPS) is 18.0. The lowest BCUT2D eigenvalue weighted by Gasteiger charge is -2.37. The van der Waals surface area contributed by atoms with Gasteiger partial charge in [0.25, 0.3) is 0 Å². The topological polar surface area (TPSA) is 47.6 Å². The fraction of sp³-hybridized carbons (Fsp3) is 0.632. The van der Waals surface area contributed by atoms with Gasteiger partial charge in [0.15, 0.2) is 0 Å². The molecular formula is C19H31FN4O. The third-order valence-corrected chi connectivity index (χ3v) is 4.93. The predicted octanol–water partition coefficient (Wildman–Crippen LogP) is 2.00. The number of halogens is 1. The Morgan fingerprint density at radius 3 is 2.52 bits per heavy atom. The molecule has 1 amide bonds. The zero-order valence-corrected chi connectivity index (χ0v) is 15.8. The number of benzene rings is 1. The molecule has 1 aromatic rings. The summed E-state index contributed by atoms with van der Waals surface area (Å²) in [6.07, 6.45) is 0. The SMILES string of the molecule is CCN1CCN(c2ccc(F)cc2C(C)NC(=O)C(C)CNC)CC1. The van der Waals surface area contributed by atoms with Crippen LogP contribution < -0.4 is 15.5 Å². The lowest BCUT2D eigenvalue weighted by Crippen LogP contribution is -2.46. The molecule has 25 heavy (non-hydrogen) atoms. The Morgan fingerprint density at radius 1 is 1.24 bits per heavy atom. The monoisotopic (exact) mass is 350 g/mol. The fourth-order valence-corrected chi connectivity index (χ4v) is 3.30. The molecule has 1 fully saturated rings. The average Bonchev–Trinajstić information content (AvgIpc) is 2.62. The van der Waals surface area contributed by atoms with Gasteiger partial charge >= 0.3 is 0 Å². The Labute approximate surface area is 150 Å². The molecule has 0 bridgehead atoms. The van der Waals surface area contributed by atoms with Crippen molar-refractivity contribution in [3.05, 3.63) is 29.6 Å². The van der Waals surface area contributed by atoms with Gasteiger partial charge < -0.3 is 20.4 Å². The van der Waals surface area contributed by atoms with Gasteiger partial charge in [0.1, 0.15) is 5.82 Å². The van der Waals surface area contributed by atoms with Crippen LogP contribution in [0.2, 0.25) is 0 Å². The van der Waals surface area contributed by atoms with Crippen LogP contribution in [0.15, 0.2) is 18.2 Å². The minimum Gasteiger partial charge on any atom is -0.369 e. The van der Waals surface area contributed by atoms with Crippen molar-refractivity contribution in [2.45, 2.75) is 26.8 Å². The van der Waals surface area contributed by atoms with E-state index in [2.05, 4.69) is 27.4 Å². The van der Waals surface area contributed by atoms with E-state index in [9.17, 15) is 9.18 Å². The Bertz CT molecular complexity index is 573. The van der Waals surface area contributed by atoms with Crippen LogP contribution in [0.3, 0.4) is 0 Å². The van der Waals surface area contributed by atoms with Crippen molar-refractivity contribution in [1.29, 1.82) is 0 Å². The van der Waals surface area contributed by atoms with E-state index in [0.717, 1.165) is 44.0 Å². The third kappa shape index (κ3) is 5.16. The second kappa shape index (κ2) is 9.15. The number of nitrogens with one attached hydrogen (secondary N) is 2. The maximum atomic E-state index is 13.9. The first-order valence-electron chi connectivity index (χ1n) is 9.18. The van der Waals surface area contributed by atoms with Crippen LogP contribution in [-0.2, 0) is 4.79 Å². The predicted molar refractivity (Wildman–Crippen MR) is 100 cm³/mol. The van der Waals surface area contributed by atoms with Gasteiger partial charge in [-0.1, -0.05) is 13.8 Å². The van der Waals surface area contributed by atoms with Crippen molar-refractivity contribution in [2.24, 2.45) is 5.92 Å². The average molecular weight is 350 g/mol. The van der Waals surface area contributed by atoms with E-state index in [0.29, 0.717) is 6.54 Å². The highest BCUT2D eigenvalue weighted by Gasteiger charge is 2.22. The number of hydrogen-bond donors (Lipinski definition) is 2. The molecule has 0 aromatic heterocycles.